The first kappa shape index (κ1) is 20.4. The number of hydrogen-bond donors (Lipinski definition) is 2. The molecule has 1 unspecified atom stereocenters. The Morgan fingerprint density at radius 1 is 1.15 bits per heavy atom. The van der Waals surface area contributed by atoms with E-state index in [2.05, 4.69) is 33.5 Å². The van der Waals surface area contributed by atoms with E-state index in [4.69, 9.17) is 0 Å². The molecule has 0 radical (unpaired) electrons. The zero-order valence-electron chi connectivity index (χ0n) is 15.3. The van der Waals surface area contributed by atoms with E-state index in [9.17, 15) is 14.4 Å². The van der Waals surface area contributed by atoms with Gasteiger partial charge in [-0.05, 0) is 37.6 Å². The first-order chi connectivity index (χ1) is 12.4. The van der Waals surface area contributed by atoms with Crippen molar-refractivity contribution in [1.82, 2.24) is 10.2 Å². The van der Waals surface area contributed by atoms with Crippen molar-refractivity contribution in [2.24, 2.45) is 0 Å². The van der Waals surface area contributed by atoms with Gasteiger partial charge in [-0.2, -0.15) is 0 Å². The molecule has 26 heavy (non-hydrogen) atoms. The first-order valence-corrected chi connectivity index (χ1v) is 9.84. The molecule has 1 heterocycles. The minimum Gasteiger partial charge on any atom is -0.325 e. The molecule has 4 amide bonds. The van der Waals surface area contributed by atoms with Crippen LogP contribution in [0.3, 0.4) is 0 Å². The summed E-state index contributed by atoms with van der Waals surface area (Å²) in [6.45, 7) is 3.60. The molecule has 2 rings (SSSR count). The van der Waals surface area contributed by atoms with Crippen LogP contribution in [-0.2, 0) is 9.59 Å². The van der Waals surface area contributed by atoms with Crippen LogP contribution in [0, 0.1) is 0 Å². The summed E-state index contributed by atoms with van der Waals surface area (Å²) in [6.07, 6.45) is 5.98. The predicted molar refractivity (Wildman–Crippen MR) is 105 cm³/mol. The smallest absolute Gasteiger partial charge is 0.325 e. The second kappa shape index (κ2) is 9.16. The molecule has 142 valence electrons. The van der Waals surface area contributed by atoms with Crippen molar-refractivity contribution in [3.05, 3.63) is 28.7 Å². The van der Waals surface area contributed by atoms with E-state index in [1.807, 2.05) is 0 Å². The van der Waals surface area contributed by atoms with Gasteiger partial charge in [-0.3, -0.25) is 14.5 Å². The van der Waals surface area contributed by atoms with Gasteiger partial charge in [-0.25, -0.2) is 4.79 Å². The van der Waals surface area contributed by atoms with E-state index in [-0.39, 0.29) is 12.5 Å². The van der Waals surface area contributed by atoms with E-state index in [1.54, 1.807) is 31.2 Å². The quantitative estimate of drug-likeness (QED) is 0.464. The van der Waals surface area contributed by atoms with E-state index < -0.39 is 17.5 Å². The Morgan fingerprint density at radius 2 is 1.81 bits per heavy atom. The van der Waals surface area contributed by atoms with E-state index in [0.717, 1.165) is 35.1 Å². The molecular formula is C19H26BrN3O3. The number of anilines is 1. The summed E-state index contributed by atoms with van der Waals surface area (Å²) in [5.74, 6) is -0.730. The minimum absolute atomic E-state index is 0.286. The third-order valence-corrected chi connectivity index (χ3v) is 5.08. The lowest BCUT2D eigenvalue weighted by atomic mass is 9.94. The van der Waals surface area contributed by atoms with Crippen molar-refractivity contribution in [3.63, 3.8) is 0 Å². The van der Waals surface area contributed by atoms with Crippen molar-refractivity contribution >= 4 is 39.5 Å². The van der Waals surface area contributed by atoms with Gasteiger partial charge in [0, 0.05) is 10.2 Å². The minimum atomic E-state index is -0.915. The molecule has 1 aliphatic heterocycles. The van der Waals surface area contributed by atoms with Gasteiger partial charge in [0.2, 0.25) is 5.91 Å². The predicted octanol–water partition coefficient (Wildman–Crippen LogP) is 4.06. The number of nitrogens with one attached hydrogen (secondary N) is 2. The Balaban J connectivity index is 1.89. The molecule has 0 aliphatic carbocycles. The highest BCUT2D eigenvalue weighted by Crippen LogP contribution is 2.24. The SMILES string of the molecule is CCCCCCCC1(C)NC(=O)N(CC(=O)Nc2ccc(Br)cc2)C1=O. The van der Waals surface area contributed by atoms with E-state index >= 15 is 0 Å². The lowest BCUT2D eigenvalue weighted by Crippen LogP contribution is -2.44. The summed E-state index contributed by atoms with van der Waals surface area (Å²) < 4.78 is 0.902. The lowest BCUT2D eigenvalue weighted by Gasteiger charge is -2.21. The van der Waals surface area contributed by atoms with Crippen molar-refractivity contribution in [1.29, 1.82) is 0 Å². The number of nitrogens with zero attached hydrogens (tertiary/aromatic N) is 1. The van der Waals surface area contributed by atoms with Crippen LogP contribution in [0.15, 0.2) is 28.7 Å². The lowest BCUT2D eigenvalue weighted by molar-refractivity contribution is -0.133. The van der Waals surface area contributed by atoms with Crippen LogP contribution in [0.1, 0.15) is 52.4 Å². The first-order valence-electron chi connectivity index (χ1n) is 9.05. The third-order valence-electron chi connectivity index (χ3n) is 4.56. The number of urea groups is 1. The second-order valence-electron chi connectivity index (χ2n) is 6.87. The number of rotatable bonds is 9. The molecule has 7 heteroatoms. The summed E-state index contributed by atoms with van der Waals surface area (Å²) >= 11 is 3.33. The molecule has 0 aromatic heterocycles. The average Bonchev–Trinajstić information content (AvgIpc) is 2.80. The van der Waals surface area contributed by atoms with Crippen LogP contribution in [0.25, 0.3) is 0 Å². The molecule has 6 nitrogen and oxygen atoms in total. The zero-order valence-corrected chi connectivity index (χ0v) is 16.9. The maximum Gasteiger partial charge on any atom is 0.325 e. The molecule has 2 N–H and O–H groups in total. The Hall–Kier alpha value is -1.89. The normalized spacial score (nSPS) is 19.6. The fourth-order valence-electron chi connectivity index (χ4n) is 3.02. The Labute approximate surface area is 162 Å². The number of imide groups is 1. The van der Waals surface area contributed by atoms with Gasteiger partial charge in [0.15, 0.2) is 0 Å². The maximum absolute atomic E-state index is 12.6. The summed E-state index contributed by atoms with van der Waals surface area (Å²) in [6, 6.07) is 6.59. The molecule has 0 bridgehead atoms. The highest BCUT2D eigenvalue weighted by Gasteiger charge is 2.47. The van der Waals surface area contributed by atoms with Crippen LogP contribution in [0.4, 0.5) is 10.5 Å². The molecule has 1 aromatic rings. The van der Waals surface area contributed by atoms with Crippen LogP contribution in [0.5, 0.6) is 0 Å². The molecule has 1 atom stereocenters. The van der Waals surface area contributed by atoms with Crippen molar-refractivity contribution in [3.8, 4) is 0 Å². The maximum atomic E-state index is 12.6. The number of hydrogen-bond acceptors (Lipinski definition) is 3. The van der Waals surface area contributed by atoms with Gasteiger partial charge < -0.3 is 10.6 Å². The van der Waals surface area contributed by atoms with E-state index in [1.165, 1.54) is 6.42 Å². The molecule has 1 aliphatic rings. The highest BCUT2D eigenvalue weighted by molar-refractivity contribution is 9.10. The number of amides is 4. The second-order valence-corrected chi connectivity index (χ2v) is 7.79. The van der Waals surface area contributed by atoms with Crippen molar-refractivity contribution in [2.75, 3.05) is 11.9 Å². The molecular weight excluding hydrogens is 398 g/mol. The van der Waals surface area contributed by atoms with Gasteiger partial charge >= 0.3 is 6.03 Å². The Bertz CT molecular complexity index is 662. The number of benzene rings is 1. The molecule has 1 aromatic carbocycles. The summed E-state index contributed by atoms with van der Waals surface area (Å²) in [5, 5.41) is 5.45. The van der Waals surface area contributed by atoms with Gasteiger partial charge in [-0.1, -0.05) is 55.0 Å². The monoisotopic (exact) mass is 423 g/mol. The van der Waals surface area contributed by atoms with Gasteiger partial charge in [-0.15, -0.1) is 0 Å². The van der Waals surface area contributed by atoms with Crippen LogP contribution in [-0.4, -0.2) is 34.8 Å². The highest BCUT2D eigenvalue weighted by atomic mass is 79.9. The standard InChI is InChI=1S/C19H26BrN3O3/c1-3-4-5-6-7-12-19(2)17(25)23(18(26)22-19)13-16(24)21-15-10-8-14(20)9-11-15/h8-11H,3-7,12-13H2,1-2H3,(H,21,24)(H,22,26). The van der Waals surface area contributed by atoms with Gasteiger partial charge in [0.1, 0.15) is 12.1 Å². The zero-order chi connectivity index (χ0) is 19.2. The van der Waals surface area contributed by atoms with Crippen LogP contribution < -0.4 is 10.6 Å². The van der Waals surface area contributed by atoms with Gasteiger partial charge in [0.25, 0.3) is 5.91 Å². The fraction of sp³-hybridized carbons (Fsp3) is 0.526. The Morgan fingerprint density at radius 3 is 2.46 bits per heavy atom. The summed E-state index contributed by atoms with van der Waals surface area (Å²) in [7, 11) is 0. The largest absolute Gasteiger partial charge is 0.325 e. The average molecular weight is 424 g/mol. The third kappa shape index (κ3) is 5.30. The van der Waals surface area contributed by atoms with Crippen LogP contribution >= 0.6 is 15.9 Å². The number of halogens is 1. The molecule has 0 spiro atoms. The number of carbonyl (C=O) groups is 3. The van der Waals surface area contributed by atoms with E-state index in [0.29, 0.717) is 12.1 Å². The van der Waals surface area contributed by atoms with Crippen LogP contribution in [0.2, 0.25) is 0 Å². The Kier molecular flexibility index (Phi) is 7.20. The summed E-state index contributed by atoms with van der Waals surface area (Å²) in [4.78, 5) is 38.0. The molecule has 1 fully saturated rings. The summed E-state index contributed by atoms with van der Waals surface area (Å²) in [5.41, 5.74) is -0.301. The number of unbranched alkanes of at least 4 members (excludes halogenated alkanes) is 4. The fourth-order valence-corrected chi connectivity index (χ4v) is 3.28. The number of carbonyl (C=O) groups excluding carboxylic acids is 3. The topological polar surface area (TPSA) is 78.5 Å². The molecule has 0 saturated carbocycles. The molecule has 1 saturated heterocycles. The van der Waals surface area contributed by atoms with Crippen molar-refractivity contribution < 1.29 is 14.4 Å². The van der Waals surface area contributed by atoms with Gasteiger partial charge in [0.05, 0.1) is 0 Å². The van der Waals surface area contributed by atoms with Crippen molar-refractivity contribution in [2.45, 2.75) is 57.9 Å².